The first-order chi connectivity index (χ1) is 22.1. The number of rotatable bonds is 14. The second-order valence-electron chi connectivity index (χ2n) is 12.9. The molecule has 252 valence electrons. The standard InChI is InChI=1S/C37H46F2N4O4/c1-24(22-37(3,4)40)18-34(45)42(5)33(20-26-12-15-29(16-13-26)28-10-8-7-9-11-28)36(47)43(6)32(35(46)41-23-25(2)44)21-27-14-17-30(38)31(39)19-27/h7-19,25,32-33,44H,20-23,40H2,1-6H3,(H,41,46)/t25-,32-,33-/m1/s1. The Hall–Kier alpha value is -4.41. The van der Waals surface area contributed by atoms with Crippen LogP contribution in [0.15, 0.2) is 84.4 Å². The molecule has 0 unspecified atom stereocenters. The molecule has 3 rings (SSSR count). The van der Waals surface area contributed by atoms with Crippen LogP contribution in [0.3, 0.4) is 0 Å². The predicted octanol–water partition coefficient (Wildman–Crippen LogP) is 4.64. The maximum atomic E-state index is 14.3. The smallest absolute Gasteiger partial charge is 0.246 e. The molecule has 3 aromatic rings. The highest BCUT2D eigenvalue weighted by atomic mass is 19.2. The van der Waals surface area contributed by atoms with E-state index in [1.54, 1.807) is 6.92 Å². The van der Waals surface area contributed by atoms with Crippen LogP contribution in [0.4, 0.5) is 8.78 Å². The Morgan fingerprint density at radius 3 is 2.02 bits per heavy atom. The summed E-state index contributed by atoms with van der Waals surface area (Å²) in [5.41, 5.74) is 9.46. The molecule has 0 heterocycles. The summed E-state index contributed by atoms with van der Waals surface area (Å²) < 4.78 is 27.8. The summed E-state index contributed by atoms with van der Waals surface area (Å²) in [6, 6.07) is 18.6. The molecule has 0 spiro atoms. The van der Waals surface area contributed by atoms with Gasteiger partial charge >= 0.3 is 0 Å². The number of nitrogens with one attached hydrogen (secondary N) is 1. The van der Waals surface area contributed by atoms with Gasteiger partial charge in [0.15, 0.2) is 11.6 Å². The van der Waals surface area contributed by atoms with E-state index in [-0.39, 0.29) is 19.4 Å². The van der Waals surface area contributed by atoms with Crippen molar-refractivity contribution < 1.29 is 28.3 Å². The van der Waals surface area contributed by atoms with Crippen LogP contribution in [-0.4, -0.2) is 77.0 Å². The number of nitrogens with zero attached hydrogens (tertiary/aromatic N) is 2. The van der Waals surface area contributed by atoms with Crippen molar-refractivity contribution in [3.05, 3.63) is 107 Å². The van der Waals surface area contributed by atoms with Gasteiger partial charge in [-0.3, -0.25) is 14.4 Å². The number of hydrogen-bond donors (Lipinski definition) is 3. The lowest BCUT2D eigenvalue weighted by molar-refractivity contribution is -0.146. The molecule has 0 aliphatic rings. The van der Waals surface area contributed by atoms with Crippen molar-refractivity contribution in [1.29, 1.82) is 0 Å². The molecule has 10 heteroatoms. The van der Waals surface area contributed by atoms with Gasteiger partial charge in [-0.2, -0.15) is 0 Å². The molecule has 3 aromatic carbocycles. The molecule has 0 saturated carbocycles. The first-order valence-electron chi connectivity index (χ1n) is 15.6. The van der Waals surface area contributed by atoms with E-state index in [0.717, 1.165) is 34.4 Å². The van der Waals surface area contributed by atoms with Crippen molar-refractivity contribution in [1.82, 2.24) is 15.1 Å². The van der Waals surface area contributed by atoms with E-state index in [0.29, 0.717) is 12.0 Å². The van der Waals surface area contributed by atoms with E-state index in [9.17, 15) is 28.3 Å². The van der Waals surface area contributed by atoms with Gasteiger partial charge in [0.25, 0.3) is 0 Å². The van der Waals surface area contributed by atoms with Gasteiger partial charge in [0.05, 0.1) is 6.10 Å². The summed E-state index contributed by atoms with van der Waals surface area (Å²) in [6.45, 7) is 6.94. The Morgan fingerprint density at radius 2 is 1.45 bits per heavy atom. The lowest BCUT2D eigenvalue weighted by Crippen LogP contribution is -2.56. The van der Waals surface area contributed by atoms with Crippen LogP contribution in [0, 0.1) is 11.6 Å². The topological polar surface area (TPSA) is 116 Å². The van der Waals surface area contributed by atoms with Gasteiger partial charge in [-0.15, -0.1) is 0 Å². The highest BCUT2D eigenvalue weighted by Crippen LogP contribution is 2.22. The summed E-state index contributed by atoms with van der Waals surface area (Å²) in [4.78, 5) is 43.8. The van der Waals surface area contributed by atoms with Crippen LogP contribution < -0.4 is 11.1 Å². The lowest BCUT2D eigenvalue weighted by atomic mass is 9.96. The molecule has 4 N–H and O–H groups in total. The fourth-order valence-electron chi connectivity index (χ4n) is 5.36. The third-order valence-electron chi connectivity index (χ3n) is 7.80. The summed E-state index contributed by atoms with van der Waals surface area (Å²) in [7, 11) is 2.98. The molecule has 3 amide bonds. The van der Waals surface area contributed by atoms with Crippen LogP contribution in [0.2, 0.25) is 0 Å². The minimum Gasteiger partial charge on any atom is -0.392 e. The average molecular weight is 649 g/mol. The SMILES string of the molecule is CC(=CC(=O)N(C)[C@H](Cc1ccc(-c2ccccc2)cc1)C(=O)N(C)[C@H](Cc1ccc(F)c(F)c1)C(=O)NC[C@@H](C)O)CC(C)(C)N. The van der Waals surface area contributed by atoms with Crippen molar-refractivity contribution in [3.63, 3.8) is 0 Å². The van der Waals surface area contributed by atoms with Gasteiger partial charge < -0.3 is 26.0 Å². The second-order valence-corrected chi connectivity index (χ2v) is 12.9. The van der Waals surface area contributed by atoms with Crippen LogP contribution in [-0.2, 0) is 27.2 Å². The largest absolute Gasteiger partial charge is 0.392 e. The van der Waals surface area contributed by atoms with Crippen LogP contribution in [0.1, 0.15) is 45.2 Å². The zero-order valence-corrected chi connectivity index (χ0v) is 28.0. The van der Waals surface area contributed by atoms with Crippen molar-refractivity contribution in [2.75, 3.05) is 20.6 Å². The van der Waals surface area contributed by atoms with Crippen molar-refractivity contribution in [2.45, 2.75) is 70.7 Å². The minimum atomic E-state index is -1.16. The fraction of sp³-hybridized carbons (Fsp3) is 0.378. The summed E-state index contributed by atoms with van der Waals surface area (Å²) in [5.74, 6) is -3.64. The number of amides is 3. The molecule has 0 radical (unpaired) electrons. The summed E-state index contributed by atoms with van der Waals surface area (Å²) >= 11 is 0. The normalized spacial score (nSPS) is 13.8. The first kappa shape index (κ1) is 37.1. The number of halogens is 2. The van der Waals surface area contributed by atoms with Gasteiger partial charge in [-0.05, 0) is 68.5 Å². The van der Waals surface area contributed by atoms with Crippen molar-refractivity contribution >= 4 is 17.7 Å². The Balaban J connectivity index is 1.98. The van der Waals surface area contributed by atoms with Gasteiger partial charge in [-0.1, -0.05) is 66.2 Å². The third-order valence-corrected chi connectivity index (χ3v) is 7.80. The molecular weight excluding hydrogens is 602 g/mol. The highest BCUT2D eigenvalue weighted by Gasteiger charge is 2.35. The van der Waals surface area contributed by atoms with Crippen LogP contribution in [0.5, 0.6) is 0 Å². The number of carbonyl (C=O) groups is 3. The van der Waals surface area contributed by atoms with Gasteiger partial charge in [0.1, 0.15) is 12.1 Å². The van der Waals surface area contributed by atoms with E-state index in [1.807, 2.05) is 68.4 Å². The number of nitrogens with two attached hydrogens (primary N) is 1. The quantitative estimate of drug-likeness (QED) is 0.220. The van der Waals surface area contributed by atoms with E-state index in [1.165, 1.54) is 43.0 Å². The Labute approximate surface area is 276 Å². The molecule has 0 aliphatic heterocycles. The number of aliphatic hydroxyl groups excluding tert-OH is 1. The van der Waals surface area contributed by atoms with E-state index < -0.39 is 53.1 Å². The summed E-state index contributed by atoms with van der Waals surface area (Å²) in [5, 5.41) is 12.4. The van der Waals surface area contributed by atoms with Gasteiger partial charge in [0, 0.05) is 45.1 Å². The maximum Gasteiger partial charge on any atom is 0.246 e. The van der Waals surface area contributed by atoms with Crippen molar-refractivity contribution in [3.8, 4) is 11.1 Å². The van der Waals surface area contributed by atoms with Gasteiger partial charge in [-0.25, -0.2) is 8.78 Å². The number of carbonyl (C=O) groups excluding carboxylic acids is 3. The lowest BCUT2D eigenvalue weighted by Gasteiger charge is -2.34. The average Bonchev–Trinajstić information content (AvgIpc) is 3.01. The van der Waals surface area contributed by atoms with E-state index >= 15 is 0 Å². The fourth-order valence-corrected chi connectivity index (χ4v) is 5.36. The molecule has 0 fully saturated rings. The zero-order chi connectivity index (χ0) is 34.9. The third kappa shape index (κ3) is 11.1. The second kappa shape index (κ2) is 16.4. The molecule has 0 bridgehead atoms. The number of benzene rings is 3. The maximum absolute atomic E-state index is 14.3. The Kier molecular flexibility index (Phi) is 12.9. The minimum absolute atomic E-state index is 0.0771. The van der Waals surface area contributed by atoms with Gasteiger partial charge in [0.2, 0.25) is 17.7 Å². The molecule has 47 heavy (non-hydrogen) atoms. The highest BCUT2D eigenvalue weighted by molar-refractivity contribution is 5.95. The predicted molar refractivity (Wildman–Crippen MR) is 180 cm³/mol. The molecular formula is C37H46F2N4O4. The molecule has 3 atom stereocenters. The van der Waals surface area contributed by atoms with E-state index in [4.69, 9.17) is 5.73 Å². The number of hydrogen-bond acceptors (Lipinski definition) is 5. The van der Waals surface area contributed by atoms with Crippen LogP contribution in [0.25, 0.3) is 11.1 Å². The Morgan fingerprint density at radius 1 is 0.872 bits per heavy atom. The zero-order valence-electron chi connectivity index (χ0n) is 28.0. The van der Waals surface area contributed by atoms with Crippen molar-refractivity contribution in [2.24, 2.45) is 5.73 Å². The van der Waals surface area contributed by atoms with Crippen LogP contribution >= 0.6 is 0 Å². The first-order valence-corrected chi connectivity index (χ1v) is 15.6. The molecule has 0 aliphatic carbocycles. The van der Waals surface area contributed by atoms with E-state index in [2.05, 4.69) is 5.32 Å². The monoisotopic (exact) mass is 648 g/mol. The molecule has 8 nitrogen and oxygen atoms in total. The molecule has 0 saturated heterocycles. The molecule has 0 aromatic heterocycles. The number of likely N-dealkylation sites (N-methyl/N-ethyl adjacent to an activating group) is 2. The Bertz CT molecular complexity index is 1550. The summed E-state index contributed by atoms with van der Waals surface area (Å²) in [6.07, 6.45) is 1.08. The number of aliphatic hydroxyl groups is 1.